The maximum absolute atomic E-state index is 13.6. The molecular weight excluding hydrogens is 377 g/mol. The minimum Gasteiger partial charge on any atom is -0.484 e. The summed E-state index contributed by atoms with van der Waals surface area (Å²) < 4.78 is 24.4. The van der Waals surface area contributed by atoms with Gasteiger partial charge in [-0.1, -0.05) is 24.3 Å². The average Bonchev–Trinajstić information content (AvgIpc) is 3.19. The minimum atomic E-state index is -0.619. The number of benzene rings is 2. The summed E-state index contributed by atoms with van der Waals surface area (Å²) in [6.45, 7) is 3.42. The molecule has 3 aromatic rings. The Hall–Kier alpha value is -3.68. The van der Waals surface area contributed by atoms with E-state index in [0.29, 0.717) is 5.75 Å². The van der Waals surface area contributed by atoms with Gasteiger partial charge in [0.1, 0.15) is 23.9 Å². The molecule has 0 aliphatic carbocycles. The highest BCUT2D eigenvalue weighted by atomic mass is 19.1. The molecule has 0 radical (unpaired) electrons. The number of hydrogen-bond acceptors (Lipinski definition) is 5. The molecule has 2 N–H and O–H groups in total. The van der Waals surface area contributed by atoms with Crippen LogP contribution in [-0.2, 0) is 4.79 Å². The van der Waals surface area contributed by atoms with E-state index in [9.17, 15) is 14.0 Å². The first-order chi connectivity index (χ1) is 13.9. The van der Waals surface area contributed by atoms with Crippen molar-refractivity contribution in [2.75, 3.05) is 11.9 Å². The number of carbonyl (C=O) groups is 2. The average molecular weight is 397 g/mol. The predicted molar refractivity (Wildman–Crippen MR) is 104 cm³/mol. The number of para-hydroxylation sites is 1. The first-order valence-electron chi connectivity index (χ1n) is 8.92. The number of aryl methyl sites for hydroxylation is 1. The van der Waals surface area contributed by atoms with Gasteiger partial charge < -0.3 is 19.8 Å². The second kappa shape index (κ2) is 9.01. The molecule has 0 saturated carbocycles. The summed E-state index contributed by atoms with van der Waals surface area (Å²) in [5.41, 5.74) is 1.04. The number of ether oxygens (including phenoxy) is 1. The number of oxazole rings is 1. The molecule has 0 saturated heterocycles. The minimum absolute atomic E-state index is 0.0274. The summed E-state index contributed by atoms with van der Waals surface area (Å²) in [7, 11) is 0. The first kappa shape index (κ1) is 20.1. The molecular formula is C21H20FN3O4. The Bertz CT molecular complexity index is 1020. The summed E-state index contributed by atoms with van der Waals surface area (Å²) in [5.74, 6) is -0.802. The van der Waals surface area contributed by atoms with Crippen LogP contribution in [0, 0.1) is 12.7 Å². The van der Waals surface area contributed by atoms with Crippen molar-refractivity contribution in [1.29, 1.82) is 0 Å². The van der Waals surface area contributed by atoms with Crippen LogP contribution in [0.1, 0.15) is 34.9 Å². The molecule has 150 valence electrons. The van der Waals surface area contributed by atoms with Crippen molar-refractivity contribution in [2.45, 2.75) is 19.9 Å². The van der Waals surface area contributed by atoms with Crippen molar-refractivity contribution in [3.8, 4) is 5.75 Å². The SMILES string of the molecule is Cc1cccc(OCC(=O)N[C@@H](C)c2nc(C(=O)Nc3ccccc3F)co2)c1. The standard InChI is InChI=1S/C21H20FN3O4/c1-13-6-5-7-15(10-13)28-12-19(26)23-14(2)21-25-18(11-29-21)20(27)24-17-9-4-3-8-16(17)22/h3-11,14H,12H2,1-2H3,(H,23,26)(H,24,27)/t14-/m0/s1. The van der Waals surface area contributed by atoms with Crippen LogP contribution in [0.25, 0.3) is 0 Å². The predicted octanol–water partition coefficient (Wildman–Crippen LogP) is 3.63. The molecule has 0 fully saturated rings. The number of hydrogen-bond donors (Lipinski definition) is 2. The number of rotatable bonds is 7. The topological polar surface area (TPSA) is 93.5 Å². The van der Waals surface area contributed by atoms with Crippen molar-refractivity contribution in [2.24, 2.45) is 0 Å². The maximum atomic E-state index is 13.6. The summed E-state index contributed by atoms with van der Waals surface area (Å²) in [4.78, 5) is 28.3. The van der Waals surface area contributed by atoms with E-state index in [1.54, 1.807) is 19.1 Å². The van der Waals surface area contributed by atoms with Crippen LogP contribution < -0.4 is 15.4 Å². The number of halogens is 1. The zero-order chi connectivity index (χ0) is 20.8. The fourth-order valence-electron chi connectivity index (χ4n) is 2.54. The van der Waals surface area contributed by atoms with Gasteiger partial charge in [0.15, 0.2) is 12.3 Å². The fourth-order valence-corrected chi connectivity index (χ4v) is 2.54. The molecule has 2 aromatic carbocycles. The number of amides is 2. The fraction of sp³-hybridized carbons (Fsp3) is 0.190. The van der Waals surface area contributed by atoms with Crippen LogP contribution in [0.3, 0.4) is 0 Å². The monoisotopic (exact) mass is 397 g/mol. The Kier molecular flexibility index (Phi) is 6.23. The number of nitrogens with zero attached hydrogens (tertiary/aromatic N) is 1. The normalized spacial score (nSPS) is 11.6. The van der Waals surface area contributed by atoms with Gasteiger partial charge in [-0.15, -0.1) is 0 Å². The second-order valence-corrected chi connectivity index (χ2v) is 6.40. The zero-order valence-electron chi connectivity index (χ0n) is 15.9. The first-order valence-corrected chi connectivity index (χ1v) is 8.92. The lowest BCUT2D eigenvalue weighted by atomic mass is 10.2. The molecule has 8 heteroatoms. The highest BCUT2D eigenvalue weighted by Crippen LogP contribution is 2.16. The van der Waals surface area contributed by atoms with Crippen molar-refractivity contribution in [1.82, 2.24) is 10.3 Å². The second-order valence-electron chi connectivity index (χ2n) is 6.40. The van der Waals surface area contributed by atoms with Crippen molar-refractivity contribution >= 4 is 17.5 Å². The molecule has 0 spiro atoms. The van der Waals surface area contributed by atoms with Gasteiger partial charge in [-0.3, -0.25) is 9.59 Å². The molecule has 0 unspecified atom stereocenters. The summed E-state index contributed by atoms with van der Waals surface area (Å²) in [6.07, 6.45) is 1.15. The van der Waals surface area contributed by atoms with Crippen molar-refractivity contribution < 1.29 is 23.1 Å². The van der Waals surface area contributed by atoms with Gasteiger partial charge in [0.05, 0.1) is 5.69 Å². The molecule has 1 heterocycles. The molecule has 1 atom stereocenters. The van der Waals surface area contributed by atoms with E-state index in [4.69, 9.17) is 9.15 Å². The van der Waals surface area contributed by atoms with Gasteiger partial charge in [-0.05, 0) is 43.7 Å². The van der Waals surface area contributed by atoms with E-state index in [1.165, 1.54) is 18.2 Å². The van der Waals surface area contributed by atoms with E-state index in [1.807, 2.05) is 25.1 Å². The van der Waals surface area contributed by atoms with Crippen LogP contribution in [0.15, 0.2) is 59.2 Å². The summed E-state index contributed by atoms with van der Waals surface area (Å²) >= 11 is 0. The third-order valence-corrected chi connectivity index (χ3v) is 3.98. The number of carbonyl (C=O) groups excluding carboxylic acids is 2. The van der Waals surface area contributed by atoms with Crippen molar-refractivity contribution in [3.05, 3.63) is 77.8 Å². The van der Waals surface area contributed by atoms with E-state index in [0.717, 1.165) is 11.8 Å². The number of aromatic nitrogens is 1. The molecule has 3 rings (SSSR count). The number of nitrogens with one attached hydrogen (secondary N) is 2. The molecule has 2 amide bonds. The summed E-state index contributed by atoms with van der Waals surface area (Å²) in [6, 6.07) is 12.6. The third kappa shape index (κ3) is 5.41. The molecule has 1 aromatic heterocycles. The third-order valence-electron chi connectivity index (χ3n) is 3.98. The van der Waals surface area contributed by atoms with Crippen LogP contribution in [0.2, 0.25) is 0 Å². The highest BCUT2D eigenvalue weighted by Gasteiger charge is 2.19. The lowest BCUT2D eigenvalue weighted by Gasteiger charge is -2.11. The Morgan fingerprint density at radius 2 is 2.00 bits per heavy atom. The van der Waals surface area contributed by atoms with Gasteiger partial charge in [-0.2, -0.15) is 0 Å². The van der Waals surface area contributed by atoms with Gasteiger partial charge >= 0.3 is 0 Å². The van der Waals surface area contributed by atoms with E-state index in [2.05, 4.69) is 15.6 Å². The number of anilines is 1. The zero-order valence-corrected chi connectivity index (χ0v) is 15.9. The Labute approximate surface area is 166 Å². The largest absolute Gasteiger partial charge is 0.484 e. The molecule has 7 nitrogen and oxygen atoms in total. The molecule has 0 aliphatic rings. The Morgan fingerprint density at radius 3 is 2.76 bits per heavy atom. The summed E-state index contributed by atoms with van der Waals surface area (Å²) in [5, 5.41) is 5.10. The smallest absolute Gasteiger partial charge is 0.277 e. The Balaban J connectivity index is 1.54. The lowest BCUT2D eigenvalue weighted by Crippen LogP contribution is -2.31. The van der Waals surface area contributed by atoms with E-state index >= 15 is 0 Å². The van der Waals surface area contributed by atoms with Crippen LogP contribution in [-0.4, -0.2) is 23.4 Å². The molecule has 29 heavy (non-hydrogen) atoms. The van der Waals surface area contributed by atoms with Gasteiger partial charge in [-0.25, -0.2) is 9.37 Å². The van der Waals surface area contributed by atoms with Gasteiger partial charge in [0, 0.05) is 0 Å². The van der Waals surface area contributed by atoms with Gasteiger partial charge in [0.2, 0.25) is 5.89 Å². The molecule has 0 bridgehead atoms. The van der Waals surface area contributed by atoms with Crippen LogP contribution in [0.4, 0.5) is 10.1 Å². The van der Waals surface area contributed by atoms with Gasteiger partial charge in [0.25, 0.3) is 11.8 Å². The maximum Gasteiger partial charge on any atom is 0.277 e. The molecule has 0 aliphatic heterocycles. The highest BCUT2D eigenvalue weighted by molar-refractivity contribution is 6.02. The van der Waals surface area contributed by atoms with E-state index < -0.39 is 17.8 Å². The quantitative estimate of drug-likeness (QED) is 0.635. The van der Waals surface area contributed by atoms with Crippen molar-refractivity contribution in [3.63, 3.8) is 0 Å². The van der Waals surface area contributed by atoms with Crippen LogP contribution in [0.5, 0.6) is 5.75 Å². The van der Waals surface area contributed by atoms with Crippen LogP contribution >= 0.6 is 0 Å². The van der Waals surface area contributed by atoms with E-state index in [-0.39, 0.29) is 29.8 Å². The Morgan fingerprint density at radius 1 is 1.21 bits per heavy atom. The lowest BCUT2D eigenvalue weighted by molar-refractivity contribution is -0.123.